The number of benzene rings is 1. The largest absolute Gasteiger partial charge is 0.444 e. The smallest absolute Gasteiger partial charge is 0.407 e. The number of nitrogens with one attached hydrogen (secondary N) is 2. The maximum atomic E-state index is 14.0. The molecule has 0 saturated heterocycles. The van der Waals surface area contributed by atoms with E-state index < -0.39 is 23.1 Å². The van der Waals surface area contributed by atoms with Gasteiger partial charge in [-0.3, -0.25) is 4.79 Å². The van der Waals surface area contributed by atoms with Crippen LogP contribution in [0.15, 0.2) is 36.5 Å². The normalized spacial score (nSPS) is 16.0. The van der Waals surface area contributed by atoms with E-state index in [0.29, 0.717) is 0 Å². The number of aromatic nitrogens is 2. The standard InChI is InChI=1S/C21H27FN4O3/c1-20(2,3)29-19(28)23-13-21(4,14-9-10-14)24-18(27)16-11-12-26(25-16)17-8-6-5-7-15(17)22/h5-8,11-12,14H,9-10,13H2,1-4H3,(H,23,28)(H,24,27). The van der Waals surface area contributed by atoms with Gasteiger partial charge >= 0.3 is 6.09 Å². The SMILES string of the molecule is CC(C)(C)OC(=O)NCC(C)(NC(=O)c1ccn(-c2ccccc2F)n1)C1CC1. The number of alkyl carbamates (subject to hydrolysis) is 1. The number of halogens is 1. The highest BCUT2D eigenvalue weighted by molar-refractivity contribution is 5.92. The van der Waals surface area contributed by atoms with Crippen LogP contribution in [-0.2, 0) is 4.74 Å². The predicted molar refractivity (Wildman–Crippen MR) is 106 cm³/mol. The van der Waals surface area contributed by atoms with Crippen molar-refractivity contribution in [3.63, 3.8) is 0 Å². The Hall–Kier alpha value is -2.90. The van der Waals surface area contributed by atoms with Crippen LogP contribution in [0.5, 0.6) is 0 Å². The van der Waals surface area contributed by atoms with Crippen molar-refractivity contribution in [1.82, 2.24) is 20.4 Å². The van der Waals surface area contributed by atoms with Gasteiger partial charge in [-0.05, 0) is 64.7 Å². The average molecular weight is 402 g/mol. The van der Waals surface area contributed by atoms with Gasteiger partial charge in [0, 0.05) is 12.7 Å². The average Bonchev–Trinajstić information content (AvgIpc) is 3.37. The minimum absolute atomic E-state index is 0.178. The van der Waals surface area contributed by atoms with Crippen LogP contribution in [0.25, 0.3) is 5.69 Å². The summed E-state index contributed by atoms with van der Waals surface area (Å²) in [7, 11) is 0. The van der Waals surface area contributed by atoms with E-state index in [0.717, 1.165) is 12.8 Å². The van der Waals surface area contributed by atoms with Gasteiger partial charge in [-0.2, -0.15) is 5.10 Å². The summed E-state index contributed by atoms with van der Waals surface area (Å²) in [5.74, 6) is -0.539. The summed E-state index contributed by atoms with van der Waals surface area (Å²) in [6.45, 7) is 7.52. The van der Waals surface area contributed by atoms with Crippen LogP contribution < -0.4 is 10.6 Å². The maximum Gasteiger partial charge on any atom is 0.407 e. The molecule has 2 N–H and O–H groups in total. The highest BCUT2D eigenvalue weighted by Crippen LogP contribution is 2.39. The second-order valence-corrected chi connectivity index (χ2v) is 8.60. The molecule has 0 aliphatic heterocycles. The van der Waals surface area contributed by atoms with Gasteiger partial charge in [0.2, 0.25) is 0 Å². The van der Waals surface area contributed by atoms with E-state index in [9.17, 15) is 14.0 Å². The molecule has 1 unspecified atom stereocenters. The molecule has 29 heavy (non-hydrogen) atoms. The molecule has 1 heterocycles. The third-order valence-corrected chi connectivity index (χ3v) is 4.80. The van der Waals surface area contributed by atoms with Crippen molar-refractivity contribution in [2.24, 2.45) is 5.92 Å². The first-order valence-electron chi connectivity index (χ1n) is 9.67. The first-order chi connectivity index (χ1) is 13.6. The van der Waals surface area contributed by atoms with Gasteiger partial charge in [-0.15, -0.1) is 0 Å². The van der Waals surface area contributed by atoms with Crippen molar-refractivity contribution in [2.75, 3.05) is 6.54 Å². The number of carbonyl (C=O) groups is 2. The monoisotopic (exact) mass is 402 g/mol. The highest BCUT2D eigenvalue weighted by atomic mass is 19.1. The molecular weight excluding hydrogens is 375 g/mol. The Morgan fingerprint density at radius 1 is 1.21 bits per heavy atom. The minimum Gasteiger partial charge on any atom is -0.444 e. The number of rotatable bonds is 6. The van der Waals surface area contributed by atoms with Crippen molar-refractivity contribution in [1.29, 1.82) is 0 Å². The first-order valence-corrected chi connectivity index (χ1v) is 9.67. The topological polar surface area (TPSA) is 85.3 Å². The Bertz CT molecular complexity index is 901. The maximum absolute atomic E-state index is 14.0. The van der Waals surface area contributed by atoms with Crippen LogP contribution in [0.1, 0.15) is 51.0 Å². The number of amides is 2. The van der Waals surface area contributed by atoms with Crippen LogP contribution in [0.4, 0.5) is 9.18 Å². The first kappa shape index (κ1) is 20.8. The molecule has 8 heteroatoms. The van der Waals surface area contributed by atoms with E-state index in [4.69, 9.17) is 4.74 Å². The van der Waals surface area contributed by atoms with Gasteiger partial charge in [0.1, 0.15) is 17.1 Å². The molecule has 0 bridgehead atoms. The fourth-order valence-corrected chi connectivity index (χ4v) is 3.12. The van der Waals surface area contributed by atoms with E-state index in [1.165, 1.54) is 16.8 Å². The van der Waals surface area contributed by atoms with Crippen LogP contribution in [-0.4, -0.2) is 39.5 Å². The molecular formula is C21H27FN4O3. The minimum atomic E-state index is -0.629. The van der Waals surface area contributed by atoms with Gasteiger partial charge in [0.15, 0.2) is 5.69 Å². The number of para-hydroxylation sites is 1. The van der Waals surface area contributed by atoms with E-state index in [-0.39, 0.29) is 29.8 Å². The van der Waals surface area contributed by atoms with E-state index in [1.54, 1.807) is 45.2 Å². The van der Waals surface area contributed by atoms with Crippen LogP contribution in [0.2, 0.25) is 0 Å². The third-order valence-electron chi connectivity index (χ3n) is 4.80. The van der Waals surface area contributed by atoms with Gasteiger partial charge < -0.3 is 15.4 Å². The van der Waals surface area contributed by atoms with Crippen molar-refractivity contribution in [3.05, 3.63) is 48.0 Å². The Morgan fingerprint density at radius 2 is 1.90 bits per heavy atom. The molecule has 0 spiro atoms. The summed E-state index contributed by atoms with van der Waals surface area (Å²) in [6, 6.07) is 7.75. The molecule has 1 atom stereocenters. The molecule has 1 aromatic carbocycles. The van der Waals surface area contributed by atoms with E-state index >= 15 is 0 Å². The lowest BCUT2D eigenvalue weighted by molar-refractivity contribution is 0.0502. The zero-order valence-corrected chi connectivity index (χ0v) is 17.2. The molecule has 2 aromatic rings. The van der Waals surface area contributed by atoms with Crippen molar-refractivity contribution < 1.29 is 18.7 Å². The highest BCUT2D eigenvalue weighted by Gasteiger charge is 2.43. The lowest BCUT2D eigenvalue weighted by Crippen LogP contribution is -2.55. The van der Waals surface area contributed by atoms with Crippen LogP contribution in [0, 0.1) is 11.7 Å². The number of carbonyl (C=O) groups excluding carboxylic acids is 2. The second-order valence-electron chi connectivity index (χ2n) is 8.60. The van der Waals surface area contributed by atoms with Gasteiger partial charge in [-0.1, -0.05) is 12.1 Å². The number of nitrogens with zero attached hydrogens (tertiary/aromatic N) is 2. The summed E-state index contributed by atoms with van der Waals surface area (Å²) in [4.78, 5) is 24.8. The Balaban J connectivity index is 1.67. The zero-order valence-electron chi connectivity index (χ0n) is 17.2. The molecule has 0 radical (unpaired) electrons. The van der Waals surface area contributed by atoms with Crippen molar-refractivity contribution >= 4 is 12.0 Å². The summed E-state index contributed by atoms with van der Waals surface area (Å²) in [5.41, 5.74) is -0.779. The third kappa shape index (κ3) is 5.34. The fraction of sp³-hybridized carbons (Fsp3) is 0.476. The van der Waals surface area contributed by atoms with Crippen molar-refractivity contribution in [2.45, 2.75) is 51.7 Å². The molecule has 156 valence electrons. The van der Waals surface area contributed by atoms with Gasteiger partial charge in [0.25, 0.3) is 5.91 Å². The predicted octanol–water partition coefficient (Wildman–Crippen LogP) is 3.43. The molecule has 3 rings (SSSR count). The summed E-state index contributed by atoms with van der Waals surface area (Å²) in [6.07, 6.45) is 2.95. The van der Waals surface area contributed by atoms with Crippen LogP contribution in [0.3, 0.4) is 0 Å². The molecule has 2 amide bonds. The molecule has 1 aliphatic rings. The molecule has 7 nitrogen and oxygen atoms in total. The van der Waals surface area contributed by atoms with E-state index in [2.05, 4.69) is 15.7 Å². The lowest BCUT2D eigenvalue weighted by Gasteiger charge is -2.31. The van der Waals surface area contributed by atoms with Gasteiger partial charge in [0.05, 0.1) is 5.54 Å². The fourth-order valence-electron chi connectivity index (χ4n) is 3.12. The second kappa shape index (κ2) is 7.85. The quantitative estimate of drug-likeness (QED) is 0.775. The molecule has 1 aliphatic carbocycles. The van der Waals surface area contributed by atoms with E-state index in [1.807, 2.05) is 6.92 Å². The Labute approximate surface area is 169 Å². The molecule has 1 aromatic heterocycles. The molecule has 1 saturated carbocycles. The Kier molecular flexibility index (Phi) is 5.64. The zero-order chi connectivity index (χ0) is 21.2. The van der Waals surface area contributed by atoms with Gasteiger partial charge in [-0.25, -0.2) is 13.9 Å². The van der Waals surface area contributed by atoms with Crippen LogP contribution >= 0.6 is 0 Å². The summed E-state index contributed by atoms with van der Waals surface area (Å²) >= 11 is 0. The van der Waals surface area contributed by atoms with Crippen molar-refractivity contribution in [3.8, 4) is 5.69 Å². The summed E-state index contributed by atoms with van der Waals surface area (Å²) < 4.78 is 20.6. The Morgan fingerprint density at radius 3 is 2.52 bits per heavy atom. The molecule has 1 fully saturated rings. The number of hydrogen-bond acceptors (Lipinski definition) is 4. The summed E-state index contributed by atoms with van der Waals surface area (Å²) in [5, 5.41) is 9.94. The lowest BCUT2D eigenvalue weighted by atomic mass is 9.95. The number of hydrogen-bond donors (Lipinski definition) is 2. The number of ether oxygens (including phenoxy) is 1.